The van der Waals surface area contributed by atoms with E-state index in [0.717, 1.165) is 5.56 Å². The van der Waals surface area contributed by atoms with Gasteiger partial charge in [0.15, 0.2) is 0 Å². The topological polar surface area (TPSA) is 46.3 Å². The van der Waals surface area contributed by atoms with Gasteiger partial charge >= 0.3 is 0 Å². The van der Waals surface area contributed by atoms with Crippen molar-refractivity contribution in [1.29, 1.82) is 0 Å². The molecule has 20 heavy (non-hydrogen) atoms. The van der Waals surface area contributed by atoms with Gasteiger partial charge in [0, 0.05) is 19.0 Å². The number of carbonyl (C=O) groups excluding carboxylic acids is 1. The van der Waals surface area contributed by atoms with Gasteiger partial charge in [-0.25, -0.2) is 0 Å². The molecular weight excluding hydrogens is 319 g/mol. The molecule has 1 rings (SSSR count). The number of carbonyl (C=O) groups is 1. The number of amides is 1. The highest BCUT2D eigenvalue weighted by molar-refractivity contribution is 6.42. The van der Waals surface area contributed by atoms with Gasteiger partial charge in [-0.1, -0.05) is 29.3 Å². The molecule has 3 nitrogen and oxygen atoms in total. The van der Waals surface area contributed by atoms with E-state index >= 15 is 0 Å². The summed E-state index contributed by atoms with van der Waals surface area (Å²) in [6.45, 7) is 5.07. The molecule has 2 N–H and O–H groups in total. The lowest BCUT2D eigenvalue weighted by atomic mass is 10.1. The van der Waals surface area contributed by atoms with Crippen molar-refractivity contribution in [3.05, 3.63) is 33.8 Å². The quantitative estimate of drug-likeness (QED) is 0.854. The first-order valence-corrected chi connectivity index (χ1v) is 7.14. The van der Waals surface area contributed by atoms with Crippen molar-refractivity contribution in [3.8, 4) is 0 Å². The zero-order valence-corrected chi connectivity index (χ0v) is 14.1. The van der Waals surface area contributed by atoms with E-state index in [1.165, 1.54) is 0 Å². The van der Waals surface area contributed by atoms with E-state index in [4.69, 9.17) is 28.9 Å². The normalized spacial score (nSPS) is 10.3. The highest BCUT2D eigenvalue weighted by Crippen LogP contribution is 2.23. The summed E-state index contributed by atoms with van der Waals surface area (Å²) in [4.78, 5) is 13.9. The number of rotatable bonds is 6. The van der Waals surface area contributed by atoms with Gasteiger partial charge < -0.3 is 10.6 Å². The predicted octanol–water partition coefficient (Wildman–Crippen LogP) is 3.89. The summed E-state index contributed by atoms with van der Waals surface area (Å²) in [6.07, 6.45) is 1.19. The summed E-state index contributed by atoms with van der Waals surface area (Å²) in [5.74, 6) is 0.117. The zero-order valence-electron chi connectivity index (χ0n) is 11.7. The molecule has 6 heteroatoms. The van der Waals surface area contributed by atoms with Crippen molar-refractivity contribution in [2.24, 2.45) is 5.73 Å². The van der Waals surface area contributed by atoms with E-state index in [-0.39, 0.29) is 24.4 Å². The third-order valence-electron chi connectivity index (χ3n) is 2.88. The van der Waals surface area contributed by atoms with Crippen LogP contribution < -0.4 is 5.73 Å². The fraction of sp³-hybridized carbons (Fsp3) is 0.500. The Hall–Kier alpha value is -0.480. The van der Waals surface area contributed by atoms with E-state index in [0.29, 0.717) is 36.0 Å². The minimum absolute atomic E-state index is 0. The van der Waals surface area contributed by atoms with Gasteiger partial charge in [0.1, 0.15) is 0 Å². The number of halogens is 3. The van der Waals surface area contributed by atoms with Crippen molar-refractivity contribution < 1.29 is 4.79 Å². The van der Waals surface area contributed by atoms with Crippen LogP contribution in [0, 0.1) is 0 Å². The molecule has 0 aliphatic heterocycles. The van der Waals surface area contributed by atoms with Crippen LogP contribution in [-0.2, 0) is 11.3 Å². The Labute approximate surface area is 136 Å². The van der Waals surface area contributed by atoms with Crippen LogP contribution in [0.2, 0.25) is 10.0 Å². The number of nitrogens with zero attached hydrogens (tertiary/aromatic N) is 1. The lowest BCUT2D eigenvalue weighted by Gasteiger charge is -2.27. The summed E-state index contributed by atoms with van der Waals surface area (Å²) in [6, 6.07) is 5.58. The second kappa shape index (κ2) is 9.46. The van der Waals surface area contributed by atoms with Gasteiger partial charge in [0.2, 0.25) is 5.91 Å². The molecular formula is C14H21Cl3N2O. The molecule has 0 fully saturated rings. The number of benzene rings is 1. The highest BCUT2D eigenvalue weighted by Gasteiger charge is 2.17. The number of nitrogens with two attached hydrogens (primary N) is 1. The molecule has 0 bridgehead atoms. The van der Waals surface area contributed by atoms with E-state index in [9.17, 15) is 4.79 Å². The standard InChI is InChI=1S/C14H20Cl2N2O.ClH/c1-10(2)18(14(19)4-3-7-17)9-11-5-6-12(15)13(16)8-11;/h5-6,8,10H,3-4,7,9,17H2,1-2H3;1H. The van der Waals surface area contributed by atoms with Crippen molar-refractivity contribution in [1.82, 2.24) is 4.90 Å². The van der Waals surface area contributed by atoms with Gasteiger partial charge in [-0.15, -0.1) is 12.4 Å². The van der Waals surface area contributed by atoms with Gasteiger partial charge in [0.05, 0.1) is 10.0 Å². The average Bonchev–Trinajstić information content (AvgIpc) is 2.36. The number of hydrogen-bond acceptors (Lipinski definition) is 2. The molecule has 0 atom stereocenters. The molecule has 0 spiro atoms. The first-order valence-electron chi connectivity index (χ1n) is 6.39. The van der Waals surface area contributed by atoms with Crippen LogP contribution in [0.1, 0.15) is 32.3 Å². The molecule has 0 saturated heterocycles. The first-order chi connectivity index (χ1) is 8.95. The Morgan fingerprint density at radius 3 is 2.45 bits per heavy atom. The highest BCUT2D eigenvalue weighted by atomic mass is 35.5. The van der Waals surface area contributed by atoms with Gasteiger partial charge in [0.25, 0.3) is 0 Å². The molecule has 0 unspecified atom stereocenters. The van der Waals surface area contributed by atoms with E-state index in [1.54, 1.807) is 12.1 Å². The van der Waals surface area contributed by atoms with Crippen molar-refractivity contribution in [2.75, 3.05) is 6.54 Å². The lowest BCUT2D eigenvalue weighted by Crippen LogP contribution is -2.36. The van der Waals surface area contributed by atoms with Crippen LogP contribution in [0.25, 0.3) is 0 Å². The van der Waals surface area contributed by atoms with Crippen molar-refractivity contribution >= 4 is 41.5 Å². The SMILES string of the molecule is CC(C)N(Cc1ccc(Cl)c(Cl)c1)C(=O)CCCN.Cl. The summed E-state index contributed by atoms with van der Waals surface area (Å²) < 4.78 is 0. The molecule has 0 radical (unpaired) electrons. The largest absolute Gasteiger partial charge is 0.336 e. The number of hydrogen-bond donors (Lipinski definition) is 1. The Balaban J connectivity index is 0.00000361. The minimum Gasteiger partial charge on any atom is -0.336 e. The first kappa shape index (κ1) is 19.5. The molecule has 0 saturated carbocycles. The fourth-order valence-corrected chi connectivity index (χ4v) is 2.11. The van der Waals surface area contributed by atoms with Crippen molar-refractivity contribution in [2.45, 2.75) is 39.3 Å². The Bertz CT molecular complexity index is 438. The molecule has 1 aromatic carbocycles. The summed E-state index contributed by atoms with van der Waals surface area (Å²) in [5.41, 5.74) is 6.42. The summed E-state index contributed by atoms with van der Waals surface area (Å²) in [7, 11) is 0. The third kappa shape index (κ3) is 5.88. The third-order valence-corrected chi connectivity index (χ3v) is 3.61. The van der Waals surface area contributed by atoms with Crippen LogP contribution in [0.5, 0.6) is 0 Å². The maximum atomic E-state index is 12.1. The Kier molecular flexibility index (Phi) is 9.23. The van der Waals surface area contributed by atoms with E-state index < -0.39 is 0 Å². The predicted molar refractivity (Wildman–Crippen MR) is 87.7 cm³/mol. The van der Waals surface area contributed by atoms with E-state index in [1.807, 2.05) is 24.8 Å². The monoisotopic (exact) mass is 338 g/mol. The van der Waals surface area contributed by atoms with Gasteiger partial charge in [-0.3, -0.25) is 4.79 Å². The zero-order chi connectivity index (χ0) is 14.4. The fourth-order valence-electron chi connectivity index (χ4n) is 1.79. The van der Waals surface area contributed by atoms with Gasteiger partial charge in [-0.05, 0) is 44.5 Å². The minimum atomic E-state index is 0. The molecule has 0 aliphatic rings. The maximum Gasteiger partial charge on any atom is 0.223 e. The van der Waals surface area contributed by atoms with Crippen LogP contribution in [-0.4, -0.2) is 23.4 Å². The second-order valence-electron chi connectivity index (χ2n) is 4.76. The van der Waals surface area contributed by atoms with E-state index in [2.05, 4.69) is 0 Å². The Morgan fingerprint density at radius 1 is 1.30 bits per heavy atom. The van der Waals surface area contributed by atoms with Crippen LogP contribution in [0.4, 0.5) is 0 Å². The second-order valence-corrected chi connectivity index (χ2v) is 5.57. The van der Waals surface area contributed by atoms with Crippen molar-refractivity contribution in [3.63, 3.8) is 0 Å². The summed E-state index contributed by atoms with van der Waals surface area (Å²) in [5, 5.41) is 1.04. The Morgan fingerprint density at radius 2 is 1.95 bits per heavy atom. The molecule has 0 aliphatic carbocycles. The molecule has 114 valence electrons. The van der Waals surface area contributed by atoms with Gasteiger partial charge in [-0.2, -0.15) is 0 Å². The van der Waals surface area contributed by atoms with Crippen LogP contribution in [0.15, 0.2) is 18.2 Å². The maximum absolute atomic E-state index is 12.1. The molecule has 1 aromatic rings. The lowest BCUT2D eigenvalue weighted by molar-refractivity contribution is -0.133. The molecule has 0 aromatic heterocycles. The van der Waals surface area contributed by atoms with Crippen LogP contribution >= 0.6 is 35.6 Å². The molecule has 1 amide bonds. The van der Waals surface area contributed by atoms with Crippen LogP contribution in [0.3, 0.4) is 0 Å². The molecule has 0 heterocycles. The summed E-state index contributed by atoms with van der Waals surface area (Å²) >= 11 is 11.9. The smallest absolute Gasteiger partial charge is 0.223 e. The average molecular weight is 340 g/mol.